The SMILES string of the molecule is CCCCCCCCCCCCCCCC/C=C/CC/C=C/CCCC(O)C(O)C(COC1OC(CO)C(O)C(O)C1O)NC(=O)C(O)CCCCCCCCCCCCCCCCCC/C=C\CCCCCCCCCCCCCCCCCCCC. The van der Waals surface area contributed by atoms with Crippen LogP contribution in [0.3, 0.4) is 0 Å². The Morgan fingerprint density at radius 2 is 0.682 bits per heavy atom. The molecule has 0 aromatic heterocycles. The van der Waals surface area contributed by atoms with Crippen LogP contribution in [0.1, 0.15) is 380 Å². The molecule has 0 aromatic rings. The molecule has 1 rings (SSSR count). The predicted molar refractivity (Wildman–Crippen MR) is 372 cm³/mol. The summed E-state index contributed by atoms with van der Waals surface area (Å²) in [6.07, 6.45) is 74.1. The zero-order valence-electron chi connectivity index (χ0n) is 57.7. The molecule has 1 saturated heterocycles. The van der Waals surface area contributed by atoms with Crippen molar-refractivity contribution < 1.29 is 50.0 Å². The number of aliphatic hydroxyl groups is 7. The molecule has 9 atom stereocenters. The summed E-state index contributed by atoms with van der Waals surface area (Å²) in [6.45, 7) is 3.50. The summed E-state index contributed by atoms with van der Waals surface area (Å²) in [4.78, 5) is 13.3. The number of aliphatic hydroxyl groups excluding tert-OH is 7. The van der Waals surface area contributed by atoms with Gasteiger partial charge in [-0.25, -0.2) is 0 Å². The molecule has 0 spiro atoms. The third kappa shape index (κ3) is 51.8. The van der Waals surface area contributed by atoms with Crippen molar-refractivity contribution in [3.05, 3.63) is 36.5 Å². The topological polar surface area (TPSA) is 189 Å². The molecule has 0 aromatic carbocycles. The van der Waals surface area contributed by atoms with Crippen LogP contribution in [0, 0.1) is 0 Å². The number of carbonyl (C=O) groups excluding carboxylic acids is 1. The van der Waals surface area contributed by atoms with E-state index in [9.17, 15) is 40.5 Å². The number of amides is 1. The lowest BCUT2D eigenvalue weighted by atomic mass is 9.98. The molecule has 9 unspecified atom stereocenters. The lowest BCUT2D eigenvalue weighted by Crippen LogP contribution is -2.60. The van der Waals surface area contributed by atoms with E-state index in [4.69, 9.17) is 9.47 Å². The van der Waals surface area contributed by atoms with Gasteiger partial charge in [-0.05, 0) is 77.0 Å². The average Bonchev–Trinajstić information content (AvgIpc) is 2.77. The number of rotatable bonds is 68. The van der Waals surface area contributed by atoms with Crippen molar-refractivity contribution in [1.82, 2.24) is 5.32 Å². The Labute approximate surface area is 543 Å². The maximum absolute atomic E-state index is 13.3. The number of unbranched alkanes of at least 4 members (excludes halogenated alkanes) is 50. The van der Waals surface area contributed by atoms with E-state index in [-0.39, 0.29) is 12.8 Å². The third-order valence-electron chi connectivity index (χ3n) is 18.6. The molecule has 1 heterocycles. The van der Waals surface area contributed by atoms with E-state index in [1.54, 1.807) is 0 Å². The zero-order valence-corrected chi connectivity index (χ0v) is 57.7. The number of allylic oxidation sites excluding steroid dienone is 6. The molecule has 1 amide bonds. The number of hydrogen-bond donors (Lipinski definition) is 8. The summed E-state index contributed by atoms with van der Waals surface area (Å²) in [5.74, 6) is -0.704. The molecular formula is C77H147NO10. The Morgan fingerprint density at radius 3 is 1.01 bits per heavy atom. The van der Waals surface area contributed by atoms with Crippen LogP contribution in [-0.2, 0) is 14.3 Å². The van der Waals surface area contributed by atoms with E-state index < -0.39 is 74.2 Å². The standard InChI is InChI=1S/C77H147NO10/c1-3-5-7-9-11-13-15-17-19-21-23-25-27-28-29-30-31-32-33-34-35-36-37-38-39-40-41-43-45-47-49-51-53-55-57-59-61-63-65-70(81)76(86)78-68(67-87-77-75(85)74(84)73(83)71(66-79)88-77)72(82)69(80)64-62-60-58-56-54-52-50-48-46-44-42-26-24-22-20-18-16-14-12-10-8-6-4-2/h34-35,48,50,56,58,68-75,77,79-85H,3-33,36-47,49,51-55,57,59-67H2,1-2H3,(H,78,86)/b35-34-,50-48+,58-56+. The number of carbonyl (C=O) groups is 1. The third-order valence-corrected chi connectivity index (χ3v) is 18.6. The second-order valence-electron chi connectivity index (χ2n) is 27.1. The van der Waals surface area contributed by atoms with Crippen molar-refractivity contribution >= 4 is 5.91 Å². The molecule has 1 aliphatic heterocycles. The summed E-state index contributed by atoms with van der Waals surface area (Å²) in [7, 11) is 0. The van der Waals surface area contributed by atoms with Gasteiger partial charge in [0.05, 0.1) is 25.4 Å². The van der Waals surface area contributed by atoms with Crippen molar-refractivity contribution in [1.29, 1.82) is 0 Å². The Bertz CT molecular complexity index is 1530. The number of nitrogens with one attached hydrogen (secondary N) is 1. The molecular weight excluding hydrogens is 1100 g/mol. The quantitative estimate of drug-likeness (QED) is 0.0215. The molecule has 0 radical (unpaired) electrons. The van der Waals surface area contributed by atoms with Gasteiger partial charge in [-0.15, -0.1) is 0 Å². The Hall–Kier alpha value is -1.67. The first-order chi connectivity index (χ1) is 43.2. The average molecular weight is 1250 g/mol. The fraction of sp³-hybridized carbons (Fsp3) is 0.909. The fourth-order valence-corrected chi connectivity index (χ4v) is 12.5. The molecule has 520 valence electrons. The smallest absolute Gasteiger partial charge is 0.249 e. The predicted octanol–water partition coefficient (Wildman–Crippen LogP) is 19.3. The number of ether oxygens (including phenoxy) is 2. The summed E-state index contributed by atoms with van der Waals surface area (Å²) in [6, 6.07) is -1.19. The second kappa shape index (κ2) is 65.4. The van der Waals surface area contributed by atoms with Crippen molar-refractivity contribution in [3.63, 3.8) is 0 Å². The summed E-state index contributed by atoms with van der Waals surface area (Å²) in [5.41, 5.74) is 0. The molecule has 0 saturated carbocycles. The van der Waals surface area contributed by atoms with E-state index in [1.165, 1.54) is 295 Å². The first kappa shape index (κ1) is 84.3. The molecule has 8 N–H and O–H groups in total. The van der Waals surface area contributed by atoms with Crippen molar-refractivity contribution in [3.8, 4) is 0 Å². The molecule has 0 bridgehead atoms. The highest BCUT2D eigenvalue weighted by Gasteiger charge is 2.44. The zero-order chi connectivity index (χ0) is 63.9. The highest BCUT2D eigenvalue weighted by Crippen LogP contribution is 2.24. The lowest BCUT2D eigenvalue weighted by molar-refractivity contribution is -0.303. The number of hydrogen-bond acceptors (Lipinski definition) is 10. The largest absolute Gasteiger partial charge is 0.394 e. The fourth-order valence-electron chi connectivity index (χ4n) is 12.5. The van der Waals surface area contributed by atoms with Crippen LogP contribution in [0.5, 0.6) is 0 Å². The van der Waals surface area contributed by atoms with Crippen molar-refractivity contribution in [2.45, 2.75) is 435 Å². The van der Waals surface area contributed by atoms with E-state index >= 15 is 0 Å². The second-order valence-corrected chi connectivity index (χ2v) is 27.1. The summed E-state index contributed by atoms with van der Waals surface area (Å²) < 4.78 is 11.2. The minimum Gasteiger partial charge on any atom is -0.394 e. The highest BCUT2D eigenvalue weighted by molar-refractivity contribution is 5.80. The monoisotopic (exact) mass is 1250 g/mol. The van der Waals surface area contributed by atoms with Crippen LogP contribution >= 0.6 is 0 Å². The maximum atomic E-state index is 13.3. The summed E-state index contributed by atoms with van der Waals surface area (Å²) >= 11 is 0. The van der Waals surface area contributed by atoms with Gasteiger partial charge in [0.25, 0.3) is 0 Å². The highest BCUT2D eigenvalue weighted by atomic mass is 16.7. The van der Waals surface area contributed by atoms with Crippen LogP contribution in [0.25, 0.3) is 0 Å². The molecule has 11 heteroatoms. The van der Waals surface area contributed by atoms with E-state index in [0.29, 0.717) is 19.3 Å². The van der Waals surface area contributed by atoms with Crippen LogP contribution in [0.2, 0.25) is 0 Å². The maximum Gasteiger partial charge on any atom is 0.249 e. The normalized spacial score (nSPS) is 18.8. The van der Waals surface area contributed by atoms with E-state index in [2.05, 4.69) is 55.6 Å². The van der Waals surface area contributed by atoms with E-state index in [0.717, 1.165) is 38.5 Å². The van der Waals surface area contributed by atoms with Gasteiger partial charge in [-0.1, -0.05) is 339 Å². The van der Waals surface area contributed by atoms with Gasteiger partial charge in [0.1, 0.15) is 36.6 Å². The molecule has 88 heavy (non-hydrogen) atoms. The van der Waals surface area contributed by atoms with Gasteiger partial charge >= 0.3 is 0 Å². The molecule has 0 aliphatic carbocycles. The first-order valence-corrected chi connectivity index (χ1v) is 38.4. The van der Waals surface area contributed by atoms with Gasteiger partial charge in [0, 0.05) is 0 Å². The Kier molecular flexibility index (Phi) is 62.7. The van der Waals surface area contributed by atoms with Crippen molar-refractivity contribution in [2.24, 2.45) is 0 Å². The Morgan fingerprint density at radius 1 is 0.386 bits per heavy atom. The molecule has 1 fully saturated rings. The van der Waals surface area contributed by atoms with Crippen LogP contribution in [0.15, 0.2) is 36.5 Å². The van der Waals surface area contributed by atoms with Crippen LogP contribution in [-0.4, -0.2) is 110 Å². The van der Waals surface area contributed by atoms with Crippen molar-refractivity contribution in [2.75, 3.05) is 13.2 Å². The lowest BCUT2D eigenvalue weighted by Gasteiger charge is -2.40. The van der Waals surface area contributed by atoms with Crippen LogP contribution in [0.4, 0.5) is 0 Å². The van der Waals surface area contributed by atoms with Gasteiger partial charge in [-0.3, -0.25) is 4.79 Å². The first-order valence-electron chi connectivity index (χ1n) is 38.4. The van der Waals surface area contributed by atoms with Gasteiger partial charge in [0.15, 0.2) is 6.29 Å². The minimum absolute atomic E-state index is 0.248. The van der Waals surface area contributed by atoms with Gasteiger partial charge < -0.3 is 50.5 Å². The molecule has 1 aliphatic rings. The van der Waals surface area contributed by atoms with Gasteiger partial charge in [0.2, 0.25) is 5.91 Å². The van der Waals surface area contributed by atoms with E-state index in [1.807, 2.05) is 0 Å². The summed E-state index contributed by atoms with van der Waals surface area (Å²) in [5, 5.41) is 76.5. The van der Waals surface area contributed by atoms with Gasteiger partial charge in [-0.2, -0.15) is 0 Å². The minimum atomic E-state index is -1.67. The molecule has 11 nitrogen and oxygen atoms in total. The van der Waals surface area contributed by atoms with Crippen LogP contribution < -0.4 is 5.32 Å². The Balaban J connectivity index is 2.14.